The quantitative estimate of drug-likeness (QED) is 0.833. The highest BCUT2D eigenvalue weighted by molar-refractivity contribution is 6.00. The van der Waals surface area contributed by atoms with Crippen molar-refractivity contribution in [3.05, 3.63) is 29.8 Å². The molecule has 1 atom stereocenters. The molecular weight excluding hydrogens is 242 g/mol. The molecule has 1 heterocycles. The number of carbonyl (C=O) groups is 2. The van der Waals surface area contributed by atoms with E-state index in [1.807, 2.05) is 0 Å². The highest BCUT2D eigenvalue weighted by atomic mass is 16.2. The molecule has 19 heavy (non-hydrogen) atoms. The Bertz CT molecular complexity index is 508. The van der Waals surface area contributed by atoms with Gasteiger partial charge in [-0.05, 0) is 43.5 Å². The first-order valence-electron chi connectivity index (χ1n) is 6.62. The van der Waals surface area contributed by atoms with Crippen molar-refractivity contribution in [2.75, 3.05) is 11.4 Å². The predicted octanol–water partition coefficient (Wildman–Crippen LogP) is 0.643. The Morgan fingerprint density at radius 3 is 2.47 bits per heavy atom. The lowest BCUT2D eigenvalue weighted by atomic mass is 10.2. The monoisotopic (exact) mass is 259 g/mol. The Balaban J connectivity index is 1.71. The second-order valence-electron chi connectivity index (χ2n) is 5.18. The molecule has 1 saturated carbocycles. The average molecular weight is 259 g/mol. The first-order chi connectivity index (χ1) is 9.15. The zero-order chi connectivity index (χ0) is 13.4. The third kappa shape index (κ3) is 2.46. The van der Waals surface area contributed by atoms with Gasteiger partial charge in [0.05, 0.1) is 6.04 Å². The minimum absolute atomic E-state index is 0.0525. The van der Waals surface area contributed by atoms with Crippen LogP contribution in [0.5, 0.6) is 0 Å². The predicted molar refractivity (Wildman–Crippen MR) is 71.9 cm³/mol. The molecule has 1 saturated heterocycles. The number of hydrogen-bond donors (Lipinski definition) is 2. The summed E-state index contributed by atoms with van der Waals surface area (Å²) in [6.07, 6.45) is 3.20. The molecule has 2 fully saturated rings. The van der Waals surface area contributed by atoms with E-state index in [9.17, 15) is 9.59 Å². The number of nitrogens with zero attached hydrogens (tertiary/aromatic N) is 1. The van der Waals surface area contributed by atoms with Crippen molar-refractivity contribution in [1.29, 1.82) is 0 Å². The molecule has 1 aromatic carbocycles. The molecule has 5 heteroatoms. The average Bonchev–Trinajstić information content (AvgIpc) is 3.15. The lowest BCUT2D eigenvalue weighted by Crippen LogP contribution is -2.39. The standard InChI is InChI=1S/C14H17N3O2/c15-13(18)9-1-5-11(6-2-9)17-8-7-12(14(17)19)16-10-3-4-10/h1-2,5-6,10,12,16H,3-4,7-8H2,(H2,15,18). The molecule has 2 amide bonds. The zero-order valence-corrected chi connectivity index (χ0v) is 10.6. The van der Waals surface area contributed by atoms with Gasteiger partial charge in [-0.3, -0.25) is 9.59 Å². The molecule has 5 nitrogen and oxygen atoms in total. The number of primary amides is 1. The number of nitrogens with two attached hydrogens (primary N) is 1. The highest BCUT2D eigenvalue weighted by Crippen LogP contribution is 2.25. The third-order valence-electron chi connectivity index (χ3n) is 3.68. The number of carbonyl (C=O) groups excluding carboxylic acids is 2. The topological polar surface area (TPSA) is 75.4 Å². The molecule has 1 aliphatic heterocycles. The summed E-state index contributed by atoms with van der Waals surface area (Å²) in [4.78, 5) is 25.0. The van der Waals surface area contributed by atoms with Gasteiger partial charge in [-0.1, -0.05) is 0 Å². The van der Waals surface area contributed by atoms with Crippen molar-refractivity contribution in [2.45, 2.75) is 31.3 Å². The Morgan fingerprint density at radius 1 is 1.21 bits per heavy atom. The van der Waals surface area contributed by atoms with Crippen LogP contribution in [-0.4, -0.2) is 30.4 Å². The summed E-state index contributed by atoms with van der Waals surface area (Å²) in [6.45, 7) is 0.721. The van der Waals surface area contributed by atoms with E-state index in [1.54, 1.807) is 29.2 Å². The number of nitrogens with one attached hydrogen (secondary N) is 1. The van der Waals surface area contributed by atoms with Crippen LogP contribution in [0.15, 0.2) is 24.3 Å². The van der Waals surface area contributed by atoms with Gasteiger partial charge in [0.1, 0.15) is 0 Å². The summed E-state index contributed by atoms with van der Waals surface area (Å²) < 4.78 is 0. The minimum Gasteiger partial charge on any atom is -0.366 e. The van der Waals surface area contributed by atoms with Crippen molar-refractivity contribution in [3.63, 3.8) is 0 Å². The van der Waals surface area contributed by atoms with Gasteiger partial charge in [0.15, 0.2) is 0 Å². The first-order valence-corrected chi connectivity index (χ1v) is 6.62. The van der Waals surface area contributed by atoms with E-state index in [1.165, 1.54) is 12.8 Å². The van der Waals surface area contributed by atoms with Crippen LogP contribution in [0.4, 0.5) is 5.69 Å². The molecule has 1 aromatic rings. The van der Waals surface area contributed by atoms with Crippen LogP contribution in [0.3, 0.4) is 0 Å². The van der Waals surface area contributed by atoms with E-state index < -0.39 is 5.91 Å². The summed E-state index contributed by atoms with van der Waals surface area (Å²) in [5.74, 6) is -0.327. The summed E-state index contributed by atoms with van der Waals surface area (Å²) in [6, 6.07) is 7.35. The van der Waals surface area contributed by atoms with Gasteiger partial charge in [0.25, 0.3) is 0 Å². The van der Waals surface area contributed by atoms with Gasteiger partial charge in [-0.2, -0.15) is 0 Å². The van der Waals surface area contributed by atoms with Gasteiger partial charge in [-0.25, -0.2) is 0 Å². The fourth-order valence-electron chi connectivity index (χ4n) is 2.43. The lowest BCUT2D eigenvalue weighted by molar-refractivity contribution is -0.118. The van der Waals surface area contributed by atoms with Crippen molar-refractivity contribution in [2.24, 2.45) is 5.73 Å². The van der Waals surface area contributed by atoms with E-state index in [0.717, 1.165) is 18.7 Å². The van der Waals surface area contributed by atoms with Crippen LogP contribution in [-0.2, 0) is 4.79 Å². The Kier molecular flexibility index (Phi) is 2.98. The zero-order valence-electron chi connectivity index (χ0n) is 10.6. The van der Waals surface area contributed by atoms with Crippen LogP contribution in [0.2, 0.25) is 0 Å². The molecule has 0 bridgehead atoms. The normalized spacial score (nSPS) is 22.8. The van der Waals surface area contributed by atoms with Crippen LogP contribution < -0.4 is 16.0 Å². The van der Waals surface area contributed by atoms with Gasteiger partial charge in [-0.15, -0.1) is 0 Å². The van der Waals surface area contributed by atoms with E-state index in [4.69, 9.17) is 5.73 Å². The molecule has 1 aliphatic carbocycles. The molecule has 1 unspecified atom stereocenters. The SMILES string of the molecule is NC(=O)c1ccc(N2CCC(NC3CC3)C2=O)cc1. The number of rotatable bonds is 4. The van der Waals surface area contributed by atoms with Crippen LogP contribution >= 0.6 is 0 Å². The van der Waals surface area contributed by atoms with Crippen molar-refractivity contribution >= 4 is 17.5 Å². The molecule has 0 aromatic heterocycles. The largest absolute Gasteiger partial charge is 0.366 e. The van der Waals surface area contributed by atoms with Gasteiger partial charge >= 0.3 is 0 Å². The minimum atomic E-state index is -0.451. The Hall–Kier alpha value is -1.88. The second-order valence-corrected chi connectivity index (χ2v) is 5.18. The van der Waals surface area contributed by atoms with Gasteiger partial charge < -0.3 is 16.0 Å². The maximum absolute atomic E-state index is 12.3. The molecule has 0 radical (unpaired) electrons. The van der Waals surface area contributed by atoms with Crippen molar-refractivity contribution in [3.8, 4) is 0 Å². The highest BCUT2D eigenvalue weighted by Gasteiger charge is 2.36. The van der Waals surface area contributed by atoms with E-state index in [0.29, 0.717) is 11.6 Å². The van der Waals surface area contributed by atoms with Crippen LogP contribution in [0.1, 0.15) is 29.6 Å². The number of hydrogen-bond acceptors (Lipinski definition) is 3. The van der Waals surface area contributed by atoms with Crippen molar-refractivity contribution in [1.82, 2.24) is 5.32 Å². The number of anilines is 1. The number of amides is 2. The second kappa shape index (κ2) is 4.66. The maximum atomic E-state index is 12.3. The molecule has 3 N–H and O–H groups in total. The summed E-state index contributed by atoms with van der Waals surface area (Å²) >= 11 is 0. The van der Waals surface area contributed by atoms with Gasteiger partial charge in [0, 0.05) is 23.8 Å². The third-order valence-corrected chi connectivity index (χ3v) is 3.68. The van der Waals surface area contributed by atoms with E-state index in [-0.39, 0.29) is 11.9 Å². The first kappa shape index (κ1) is 12.2. The van der Waals surface area contributed by atoms with E-state index >= 15 is 0 Å². The smallest absolute Gasteiger partial charge is 0.248 e. The fourth-order valence-corrected chi connectivity index (χ4v) is 2.43. The molecule has 3 rings (SSSR count). The summed E-state index contributed by atoms with van der Waals surface area (Å²) in [5, 5.41) is 3.37. The molecule has 2 aliphatic rings. The van der Waals surface area contributed by atoms with Crippen molar-refractivity contribution < 1.29 is 9.59 Å². The molecule has 100 valence electrons. The Morgan fingerprint density at radius 2 is 1.89 bits per heavy atom. The summed E-state index contributed by atoms with van der Waals surface area (Å²) in [5.41, 5.74) is 6.49. The number of benzene rings is 1. The Labute approximate surface area is 111 Å². The van der Waals surface area contributed by atoms with Crippen LogP contribution in [0.25, 0.3) is 0 Å². The lowest BCUT2D eigenvalue weighted by Gasteiger charge is -2.17. The molecular formula is C14H17N3O2. The van der Waals surface area contributed by atoms with Crippen LogP contribution in [0, 0.1) is 0 Å². The maximum Gasteiger partial charge on any atom is 0.248 e. The molecule has 0 spiro atoms. The summed E-state index contributed by atoms with van der Waals surface area (Å²) in [7, 11) is 0. The van der Waals surface area contributed by atoms with E-state index in [2.05, 4.69) is 5.32 Å². The van der Waals surface area contributed by atoms with Gasteiger partial charge in [0.2, 0.25) is 11.8 Å². The fraction of sp³-hybridized carbons (Fsp3) is 0.429.